The first-order valence-corrected chi connectivity index (χ1v) is 13.4. The minimum Gasteiger partial charge on any atom is -0.481 e. The number of nitrogens with one attached hydrogen (secondary N) is 1. The van der Waals surface area contributed by atoms with Crippen molar-refractivity contribution in [3.8, 4) is 6.07 Å². The van der Waals surface area contributed by atoms with Crippen molar-refractivity contribution in [3.05, 3.63) is 66.8 Å². The van der Waals surface area contributed by atoms with Crippen molar-refractivity contribution >= 4 is 63.7 Å². The van der Waals surface area contributed by atoms with Crippen LogP contribution in [0.4, 0.5) is 5.82 Å². The van der Waals surface area contributed by atoms with Crippen LogP contribution < -0.4 is 10.9 Å². The van der Waals surface area contributed by atoms with Gasteiger partial charge < -0.3 is 10.4 Å². The Morgan fingerprint density at radius 2 is 2.00 bits per heavy atom. The summed E-state index contributed by atoms with van der Waals surface area (Å²) in [4.78, 5) is 39.0. The lowest BCUT2D eigenvalue weighted by Crippen LogP contribution is -2.29. The van der Waals surface area contributed by atoms with E-state index in [2.05, 4.69) is 5.32 Å². The summed E-state index contributed by atoms with van der Waals surface area (Å²) >= 11 is 12.8. The number of anilines is 1. The summed E-state index contributed by atoms with van der Waals surface area (Å²) in [5.41, 5.74) is 1.45. The summed E-state index contributed by atoms with van der Waals surface area (Å²) in [6.07, 6.45) is 3.43. The molecule has 0 radical (unpaired) electrons. The molecule has 0 atom stereocenters. The predicted molar refractivity (Wildman–Crippen MR) is 151 cm³/mol. The van der Waals surface area contributed by atoms with E-state index in [0.29, 0.717) is 44.3 Å². The summed E-state index contributed by atoms with van der Waals surface area (Å²) < 4.78 is 1.88. The van der Waals surface area contributed by atoms with Gasteiger partial charge in [0.05, 0.1) is 4.91 Å². The largest absolute Gasteiger partial charge is 0.481 e. The topological polar surface area (TPSA) is 115 Å². The van der Waals surface area contributed by atoms with E-state index >= 15 is 0 Å². The van der Waals surface area contributed by atoms with Crippen LogP contribution in [-0.2, 0) is 22.7 Å². The number of rotatable bonds is 11. The van der Waals surface area contributed by atoms with Crippen LogP contribution in [0, 0.1) is 18.3 Å². The molecule has 1 saturated heterocycles. The molecule has 1 aliphatic rings. The molecule has 0 saturated carbocycles. The van der Waals surface area contributed by atoms with Crippen LogP contribution in [0.15, 0.2) is 34.0 Å². The van der Waals surface area contributed by atoms with Crippen LogP contribution in [0.3, 0.4) is 0 Å². The van der Waals surface area contributed by atoms with Crippen LogP contribution in [0.1, 0.15) is 54.9 Å². The Labute approximate surface area is 229 Å². The Balaban J connectivity index is 2.09. The number of carboxylic acid groups (broad SMARTS) is 1. The van der Waals surface area contributed by atoms with E-state index in [0.717, 1.165) is 30.2 Å². The van der Waals surface area contributed by atoms with Crippen LogP contribution in [0.5, 0.6) is 0 Å². The first kappa shape index (κ1) is 28.4. The first-order valence-electron chi connectivity index (χ1n) is 11.8. The van der Waals surface area contributed by atoms with Gasteiger partial charge >= 0.3 is 5.97 Å². The van der Waals surface area contributed by atoms with Gasteiger partial charge in [-0.1, -0.05) is 67.1 Å². The van der Waals surface area contributed by atoms with Gasteiger partial charge in [-0.3, -0.25) is 23.9 Å². The molecular weight excluding hydrogens is 532 g/mol. The lowest BCUT2D eigenvalue weighted by atomic mass is 10.0. The number of nitrogens with zero attached hydrogens (tertiary/aromatic N) is 3. The van der Waals surface area contributed by atoms with E-state index in [1.165, 1.54) is 4.90 Å². The SMILES string of the molecule is CCCCn1c(NCc2ccccc2Cl)c(/C=C2/SC(=S)N(CCCC(=O)O)C2=O)c(C)c(C#N)c1=O. The van der Waals surface area contributed by atoms with Gasteiger partial charge in [-0.25, -0.2) is 0 Å². The third-order valence-electron chi connectivity index (χ3n) is 5.94. The molecule has 3 rings (SSSR count). The second kappa shape index (κ2) is 12.9. The zero-order valence-electron chi connectivity index (χ0n) is 20.5. The van der Waals surface area contributed by atoms with E-state index in [4.69, 9.17) is 28.9 Å². The van der Waals surface area contributed by atoms with E-state index in [-0.39, 0.29) is 30.9 Å². The molecule has 2 heterocycles. The number of carbonyl (C=O) groups is 2. The summed E-state index contributed by atoms with van der Waals surface area (Å²) in [5, 5.41) is 22.6. The van der Waals surface area contributed by atoms with Crippen molar-refractivity contribution in [3.63, 3.8) is 0 Å². The average molecular weight is 559 g/mol. The highest BCUT2D eigenvalue weighted by Crippen LogP contribution is 2.35. The number of halogens is 1. The smallest absolute Gasteiger partial charge is 0.303 e. The van der Waals surface area contributed by atoms with Crippen molar-refractivity contribution in [1.29, 1.82) is 5.26 Å². The number of unbranched alkanes of at least 4 members (excludes halogenated alkanes) is 1. The molecule has 2 N–H and O–H groups in total. The average Bonchev–Trinajstić information content (AvgIpc) is 3.12. The van der Waals surface area contributed by atoms with E-state index in [9.17, 15) is 19.6 Å². The third kappa shape index (κ3) is 6.60. The number of carboxylic acids is 1. The number of aliphatic carboxylic acids is 1. The third-order valence-corrected chi connectivity index (χ3v) is 7.68. The van der Waals surface area contributed by atoms with Crippen molar-refractivity contribution in [2.24, 2.45) is 0 Å². The zero-order valence-corrected chi connectivity index (χ0v) is 22.9. The lowest BCUT2D eigenvalue weighted by molar-refractivity contribution is -0.137. The molecule has 1 amide bonds. The second-order valence-corrected chi connectivity index (χ2v) is 10.5. The van der Waals surface area contributed by atoms with Gasteiger partial charge in [0.1, 0.15) is 21.8 Å². The maximum absolute atomic E-state index is 13.3. The number of thioether (sulfide) groups is 1. The monoisotopic (exact) mass is 558 g/mol. The Morgan fingerprint density at radius 3 is 2.65 bits per heavy atom. The van der Waals surface area contributed by atoms with Crippen molar-refractivity contribution in [1.82, 2.24) is 9.47 Å². The molecule has 1 aromatic carbocycles. The number of pyridine rings is 1. The van der Waals surface area contributed by atoms with Gasteiger partial charge in [0.2, 0.25) is 0 Å². The van der Waals surface area contributed by atoms with Crippen molar-refractivity contribution in [2.75, 3.05) is 11.9 Å². The second-order valence-electron chi connectivity index (χ2n) is 8.46. The van der Waals surface area contributed by atoms with Crippen LogP contribution in [0.2, 0.25) is 5.02 Å². The first-order chi connectivity index (χ1) is 17.7. The molecule has 2 aromatic rings. The number of hydrogen-bond donors (Lipinski definition) is 2. The molecule has 0 bridgehead atoms. The van der Waals surface area contributed by atoms with Crippen LogP contribution in [0.25, 0.3) is 6.08 Å². The summed E-state index contributed by atoms with van der Waals surface area (Å²) in [7, 11) is 0. The molecule has 37 heavy (non-hydrogen) atoms. The maximum Gasteiger partial charge on any atom is 0.303 e. The molecule has 1 fully saturated rings. The number of benzene rings is 1. The lowest BCUT2D eigenvalue weighted by Gasteiger charge is -2.20. The molecule has 0 aliphatic carbocycles. The molecule has 0 spiro atoms. The molecule has 8 nitrogen and oxygen atoms in total. The molecule has 194 valence electrons. The fourth-order valence-electron chi connectivity index (χ4n) is 3.92. The number of amides is 1. The van der Waals surface area contributed by atoms with E-state index < -0.39 is 11.5 Å². The number of hydrogen-bond acceptors (Lipinski definition) is 7. The number of carbonyl (C=O) groups excluding carboxylic acids is 1. The van der Waals surface area contributed by atoms with E-state index in [1.54, 1.807) is 23.6 Å². The predicted octanol–water partition coefficient (Wildman–Crippen LogP) is 5.16. The van der Waals surface area contributed by atoms with Gasteiger partial charge in [0, 0.05) is 36.6 Å². The van der Waals surface area contributed by atoms with Crippen molar-refractivity contribution in [2.45, 2.75) is 52.6 Å². The standard InChI is InChI=1S/C26H27ClN4O4S2/c1-3-4-11-30-23(29-15-17-8-5-6-9-20(17)27)18(16(2)19(14-28)24(30)34)13-21-25(35)31(26(36)37-21)12-7-10-22(32)33/h5-6,8-9,13,29H,3-4,7,10-12,15H2,1-2H3,(H,32,33)/b21-13+. The molecule has 11 heteroatoms. The van der Waals surface area contributed by atoms with Gasteiger partial charge in [-0.05, 0) is 43.0 Å². The highest BCUT2D eigenvalue weighted by atomic mass is 35.5. The van der Waals surface area contributed by atoms with Gasteiger partial charge in [0.25, 0.3) is 11.5 Å². The Kier molecular flexibility index (Phi) is 9.92. The quantitative estimate of drug-likeness (QED) is 0.287. The minimum atomic E-state index is -0.941. The zero-order chi connectivity index (χ0) is 27.1. The highest BCUT2D eigenvalue weighted by molar-refractivity contribution is 8.26. The molecule has 0 unspecified atom stereocenters. The van der Waals surface area contributed by atoms with Gasteiger partial charge in [0.15, 0.2) is 0 Å². The fraction of sp³-hybridized carbons (Fsp3) is 0.346. The summed E-state index contributed by atoms with van der Waals surface area (Å²) in [6, 6.07) is 9.39. The number of nitriles is 1. The van der Waals surface area contributed by atoms with Gasteiger partial charge in [-0.15, -0.1) is 0 Å². The van der Waals surface area contributed by atoms with Crippen LogP contribution in [-0.4, -0.2) is 37.3 Å². The normalized spacial score (nSPS) is 14.3. The van der Waals surface area contributed by atoms with Crippen LogP contribution >= 0.6 is 35.6 Å². The molecule has 1 aromatic heterocycles. The molecular formula is C26H27ClN4O4S2. The number of aromatic nitrogens is 1. The Morgan fingerprint density at radius 1 is 1.27 bits per heavy atom. The number of thiocarbonyl (C=S) groups is 1. The fourth-order valence-corrected chi connectivity index (χ4v) is 5.41. The maximum atomic E-state index is 13.3. The van der Waals surface area contributed by atoms with Crippen molar-refractivity contribution < 1.29 is 14.7 Å². The Bertz CT molecular complexity index is 1360. The van der Waals surface area contributed by atoms with Gasteiger partial charge in [-0.2, -0.15) is 5.26 Å². The minimum absolute atomic E-state index is 0.0163. The highest BCUT2D eigenvalue weighted by Gasteiger charge is 2.32. The summed E-state index contributed by atoms with van der Waals surface area (Å²) in [6.45, 7) is 4.62. The summed E-state index contributed by atoms with van der Waals surface area (Å²) in [5.74, 6) is -0.781. The Hall–Kier alpha value is -3.13. The van der Waals surface area contributed by atoms with E-state index in [1.807, 2.05) is 31.2 Å². The molecule has 1 aliphatic heterocycles.